The van der Waals surface area contributed by atoms with Gasteiger partial charge in [0.1, 0.15) is 0 Å². The lowest BCUT2D eigenvalue weighted by molar-refractivity contribution is -0.114. The molecule has 0 atom stereocenters. The van der Waals surface area contributed by atoms with Gasteiger partial charge < -0.3 is 0 Å². The van der Waals surface area contributed by atoms with Gasteiger partial charge in [0.15, 0.2) is 5.78 Å². The van der Waals surface area contributed by atoms with Crippen LogP contribution in [0.4, 0.5) is 0 Å². The summed E-state index contributed by atoms with van der Waals surface area (Å²) in [4.78, 5) is 11.5. The molecule has 82 valence electrons. The average Bonchev–Trinajstić information content (AvgIpc) is 2.45. The average molecular weight is 271 g/mol. The van der Waals surface area contributed by atoms with Crippen LogP contribution in [0.2, 0.25) is 0 Å². The number of nitrogens with zero attached hydrogens (tertiary/aromatic N) is 2. The summed E-state index contributed by atoms with van der Waals surface area (Å²) in [5.74, 6) is 0.101. The molecule has 3 nitrogen and oxygen atoms in total. The Hall–Kier alpha value is -0.900. The first-order valence-corrected chi connectivity index (χ1v) is 5.75. The van der Waals surface area contributed by atoms with Crippen LogP contribution in [-0.4, -0.2) is 15.6 Å². The Balaban J connectivity index is 2.94. The van der Waals surface area contributed by atoms with E-state index in [1.165, 1.54) is 0 Å². The molecule has 0 saturated carbocycles. The number of rotatable bonds is 4. The van der Waals surface area contributed by atoms with Gasteiger partial charge in [-0.3, -0.25) is 9.48 Å². The lowest BCUT2D eigenvalue weighted by atomic mass is 10.2. The van der Waals surface area contributed by atoms with Gasteiger partial charge in [0.05, 0.1) is 22.3 Å². The van der Waals surface area contributed by atoms with Crippen molar-refractivity contribution in [3.05, 3.63) is 28.0 Å². The maximum Gasteiger partial charge on any atom is 0.161 e. The highest BCUT2D eigenvalue weighted by Crippen LogP contribution is 2.22. The number of aryl methyl sites for hydroxylation is 2. The van der Waals surface area contributed by atoms with Gasteiger partial charge in [-0.25, -0.2) is 0 Å². The minimum atomic E-state index is 0.101. The number of hydrogen-bond donors (Lipinski definition) is 0. The normalized spacial score (nSPS) is 11.2. The number of aromatic nitrogens is 2. The van der Waals surface area contributed by atoms with Crippen molar-refractivity contribution in [1.29, 1.82) is 0 Å². The van der Waals surface area contributed by atoms with E-state index in [1.807, 2.05) is 20.9 Å². The number of hydrogen-bond acceptors (Lipinski definition) is 2. The van der Waals surface area contributed by atoms with E-state index in [1.54, 1.807) is 16.8 Å². The van der Waals surface area contributed by atoms with E-state index in [0.29, 0.717) is 6.42 Å². The van der Waals surface area contributed by atoms with Gasteiger partial charge in [0.2, 0.25) is 0 Å². The van der Waals surface area contributed by atoms with E-state index < -0.39 is 0 Å². The van der Waals surface area contributed by atoms with Crippen molar-refractivity contribution in [2.24, 2.45) is 7.05 Å². The SMILES string of the molecule is C/C=C/C(=O)Cc1c(Br)c(CC)nn1C. The molecule has 0 aliphatic rings. The molecule has 0 N–H and O–H groups in total. The number of halogens is 1. The van der Waals surface area contributed by atoms with E-state index in [0.717, 1.165) is 22.3 Å². The molecular formula is C11H15BrN2O. The maximum atomic E-state index is 11.5. The zero-order valence-electron chi connectivity index (χ0n) is 9.25. The molecule has 0 bridgehead atoms. The molecular weight excluding hydrogens is 256 g/mol. The quantitative estimate of drug-likeness (QED) is 0.788. The summed E-state index contributed by atoms with van der Waals surface area (Å²) in [6.07, 6.45) is 4.61. The Bertz CT molecular complexity index is 394. The summed E-state index contributed by atoms with van der Waals surface area (Å²) >= 11 is 3.48. The predicted molar refractivity (Wildman–Crippen MR) is 63.8 cm³/mol. The first-order valence-electron chi connectivity index (χ1n) is 4.95. The Morgan fingerprint density at radius 3 is 2.73 bits per heavy atom. The second kappa shape index (κ2) is 5.26. The monoisotopic (exact) mass is 270 g/mol. The molecule has 0 radical (unpaired) electrons. The molecule has 0 aromatic carbocycles. The Kier molecular flexibility index (Phi) is 4.27. The van der Waals surface area contributed by atoms with Crippen molar-refractivity contribution >= 4 is 21.7 Å². The second-order valence-corrected chi connectivity index (χ2v) is 4.12. The third-order valence-corrected chi connectivity index (χ3v) is 3.11. The molecule has 0 amide bonds. The number of allylic oxidation sites excluding steroid dienone is 2. The summed E-state index contributed by atoms with van der Waals surface area (Å²) < 4.78 is 2.73. The minimum Gasteiger partial charge on any atom is -0.294 e. The highest BCUT2D eigenvalue weighted by Gasteiger charge is 2.14. The molecule has 0 saturated heterocycles. The molecule has 1 aromatic heterocycles. The van der Waals surface area contributed by atoms with Gasteiger partial charge in [0.25, 0.3) is 0 Å². The van der Waals surface area contributed by atoms with Crippen LogP contribution in [0.3, 0.4) is 0 Å². The van der Waals surface area contributed by atoms with E-state index in [2.05, 4.69) is 21.0 Å². The topological polar surface area (TPSA) is 34.9 Å². The van der Waals surface area contributed by atoms with E-state index >= 15 is 0 Å². The molecule has 0 aliphatic heterocycles. The van der Waals surface area contributed by atoms with Crippen LogP contribution in [-0.2, 0) is 24.7 Å². The molecule has 0 unspecified atom stereocenters. The highest BCUT2D eigenvalue weighted by atomic mass is 79.9. The van der Waals surface area contributed by atoms with Crippen molar-refractivity contribution < 1.29 is 4.79 Å². The summed E-state index contributed by atoms with van der Waals surface area (Å²) in [6, 6.07) is 0. The Morgan fingerprint density at radius 2 is 2.27 bits per heavy atom. The number of ketones is 1. The fourth-order valence-corrected chi connectivity index (χ4v) is 2.18. The van der Waals surface area contributed by atoms with Gasteiger partial charge in [-0.2, -0.15) is 5.10 Å². The summed E-state index contributed by atoms with van der Waals surface area (Å²) in [5.41, 5.74) is 1.94. The van der Waals surface area contributed by atoms with Crippen molar-refractivity contribution in [1.82, 2.24) is 9.78 Å². The van der Waals surface area contributed by atoms with Crippen LogP contribution < -0.4 is 0 Å². The van der Waals surface area contributed by atoms with E-state index in [4.69, 9.17) is 0 Å². The number of carbonyl (C=O) groups is 1. The smallest absolute Gasteiger partial charge is 0.161 e. The highest BCUT2D eigenvalue weighted by molar-refractivity contribution is 9.10. The predicted octanol–water partition coefficient (Wildman–Crippen LogP) is 2.43. The summed E-state index contributed by atoms with van der Waals surface area (Å²) in [5, 5.41) is 4.34. The fourth-order valence-electron chi connectivity index (χ4n) is 1.42. The number of carbonyl (C=O) groups excluding carboxylic acids is 1. The standard InChI is InChI=1S/C11H15BrN2O/c1-4-6-8(15)7-10-11(12)9(5-2)13-14(10)3/h4,6H,5,7H2,1-3H3/b6-4+. The van der Waals surface area contributed by atoms with Crippen molar-refractivity contribution in [3.63, 3.8) is 0 Å². The molecule has 0 fully saturated rings. The van der Waals surface area contributed by atoms with Crippen LogP contribution >= 0.6 is 15.9 Å². The van der Waals surface area contributed by atoms with E-state index in [-0.39, 0.29) is 5.78 Å². The zero-order valence-corrected chi connectivity index (χ0v) is 10.8. The Morgan fingerprint density at radius 1 is 1.60 bits per heavy atom. The zero-order chi connectivity index (χ0) is 11.4. The molecule has 1 heterocycles. The van der Waals surface area contributed by atoms with Gasteiger partial charge >= 0.3 is 0 Å². The lowest BCUT2D eigenvalue weighted by Crippen LogP contribution is -2.05. The molecule has 0 spiro atoms. The molecule has 0 aliphatic carbocycles. The third kappa shape index (κ3) is 2.78. The first kappa shape index (κ1) is 12.2. The molecule has 1 rings (SSSR count). The summed E-state index contributed by atoms with van der Waals surface area (Å²) in [7, 11) is 1.86. The van der Waals surface area contributed by atoms with Crippen molar-refractivity contribution in [2.45, 2.75) is 26.7 Å². The third-order valence-electron chi connectivity index (χ3n) is 2.20. The van der Waals surface area contributed by atoms with Gasteiger partial charge in [-0.05, 0) is 35.4 Å². The van der Waals surface area contributed by atoms with Gasteiger partial charge in [-0.1, -0.05) is 13.0 Å². The first-order chi connectivity index (χ1) is 7.10. The van der Waals surface area contributed by atoms with Crippen LogP contribution in [0, 0.1) is 0 Å². The van der Waals surface area contributed by atoms with E-state index in [9.17, 15) is 4.79 Å². The second-order valence-electron chi connectivity index (χ2n) is 3.33. The molecule has 1 aromatic rings. The van der Waals surface area contributed by atoms with Crippen LogP contribution in [0.5, 0.6) is 0 Å². The lowest BCUT2D eigenvalue weighted by Gasteiger charge is -1.99. The van der Waals surface area contributed by atoms with Crippen LogP contribution in [0.15, 0.2) is 16.6 Å². The van der Waals surface area contributed by atoms with Crippen LogP contribution in [0.25, 0.3) is 0 Å². The fraction of sp³-hybridized carbons (Fsp3) is 0.455. The molecule has 4 heteroatoms. The van der Waals surface area contributed by atoms with Crippen molar-refractivity contribution in [3.8, 4) is 0 Å². The van der Waals surface area contributed by atoms with Crippen molar-refractivity contribution in [2.75, 3.05) is 0 Å². The molecule has 15 heavy (non-hydrogen) atoms. The Labute approximate surface area is 98.3 Å². The maximum absolute atomic E-state index is 11.5. The van der Waals surface area contributed by atoms with Crippen LogP contribution in [0.1, 0.15) is 25.2 Å². The summed E-state index contributed by atoms with van der Waals surface area (Å²) in [6.45, 7) is 3.89. The van der Waals surface area contributed by atoms with Gasteiger partial charge in [0, 0.05) is 7.05 Å². The minimum absolute atomic E-state index is 0.101. The van der Waals surface area contributed by atoms with Gasteiger partial charge in [-0.15, -0.1) is 0 Å². The largest absolute Gasteiger partial charge is 0.294 e.